The van der Waals surface area contributed by atoms with Crippen LogP contribution in [-0.2, 0) is 14.8 Å². The van der Waals surface area contributed by atoms with Crippen LogP contribution in [0, 0.1) is 0 Å². The number of ether oxygens (including phenoxy) is 1. The molecule has 28 heavy (non-hydrogen) atoms. The van der Waals surface area contributed by atoms with Crippen LogP contribution in [0.4, 0.5) is 0 Å². The van der Waals surface area contributed by atoms with E-state index in [-0.39, 0.29) is 16.8 Å². The molecule has 1 atom stereocenters. The van der Waals surface area contributed by atoms with Crippen LogP contribution in [0.25, 0.3) is 6.08 Å². The standard InChI is InChI=1S/C20H23BrN2O4S/c1-14(15-5-9-18(10-6-15)28(25,26)23(2)3)22-20(24)12-7-16-13-17(21)8-11-19(16)27-4/h5-14H,1-4H3,(H,22,24)/b12-7+. The van der Waals surface area contributed by atoms with Gasteiger partial charge in [0.15, 0.2) is 0 Å². The normalized spacial score (nSPS) is 12.9. The minimum atomic E-state index is -3.47. The Morgan fingerprint density at radius 1 is 1.18 bits per heavy atom. The van der Waals surface area contributed by atoms with Crippen molar-refractivity contribution in [2.75, 3.05) is 21.2 Å². The Kier molecular flexibility index (Phi) is 7.40. The average molecular weight is 467 g/mol. The van der Waals surface area contributed by atoms with Crippen molar-refractivity contribution in [3.05, 3.63) is 64.1 Å². The molecule has 1 N–H and O–H groups in total. The topological polar surface area (TPSA) is 75.7 Å². The number of halogens is 1. The molecule has 1 amide bonds. The summed E-state index contributed by atoms with van der Waals surface area (Å²) in [6.45, 7) is 1.83. The number of benzene rings is 2. The van der Waals surface area contributed by atoms with Crippen LogP contribution in [0.2, 0.25) is 0 Å². The van der Waals surface area contributed by atoms with Crippen LogP contribution in [0.5, 0.6) is 5.75 Å². The Hall–Kier alpha value is -2.16. The minimum Gasteiger partial charge on any atom is -0.496 e. The Labute approximate surface area is 174 Å². The fraction of sp³-hybridized carbons (Fsp3) is 0.250. The highest BCUT2D eigenvalue weighted by Crippen LogP contribution is 2.24. The number of hydrogen-bond acceptors (Lipinski definition) is 4. The molecule has 0 heterocycles. The summed E-state index contributed by atoms with van der Waals surface area (Å²) in [4.78, 5) is 12.5. The van der Waals surface area contributed by atoms with Gasteiger partial charge in [0, 0.05) is 30.2 Å². The van der Waals surface area contributed by atoms with Gasteiger partial charge >= 0.3 is 0 Å². The van der Waals surface area contributed by atoms with Gasteiger partial charge < -0.3 is 10.1 Å². The molecule has 0 spiro atoms. The van der Waals surface area contributed by atoms with Gasteiger partial charge in [-0.25, -0.2) is 12.7 Å². The number of sulfonamides is 1. The van der Waals surface area contributed by atoms with Crippen LogP contribution in [0.3, 0.4) is 0 Å². The summed E-state index contributed by atoms with van der Waals surface area (Å²) < 4.78 is 31.6. The molecule has 8 heteroatoms. The third-order valence-electron chi connectivity index (χ3n) is 4.12. The monoisotopic (exact) mass is 466 g/mol. The van der Waals surface area contributed by atoms with Gasteiger partial charge in [0.2, 0.25) is 15.9 Å². The van der Waals surface area contributed by atoms with Gasteiger partial charge in [0.1, 0.15) is 5.75 Å². The molecule has 1 unspecified atom stereocenters. The molecule has 0 saturated heterocycles. The van der Waals surface area contributed by atoms with Crippen LogP contribution in [-0.4, -0.2) is 39.8 Å². The Morgan fingerprint density at radius 2 is 1.82 bits per heavy atom. The summed E-state index contributed by atoms with van der Waals surface area (Å²) in [5, 5.41) is 2.86. The van der Waals surface area contributed by atoms with Crippen LogP contribution < -0.4 is 10.1 Å². The lowest BCUT2D eigenvalue weighted by atomic mass is 10.1. The molecule has 0 aromatic heterocycles. The smallest absolute Gasteiger partial charge is 0.244 e. The van der Waals surface area contributed by atoms with Gasteiger partial charge in [-0.05, 0) is 48.9 Å². The average Bonchev–Trinajstić information content (AvgIpc) is 2.66. The van der Waals surface area contributed by atoms with E-state index in [0.717, 1.165) is 19.9 Å². The lowest BCUT2D eigenvalue weighted by Gasteiger charge is -2.15. The van der Waals surface area contributed by atoms with Crippen molar-refractivity contribution >= 4 is 37.9 Å². The lowest BCUT2D eigenvalue weighted by Crippen LogP contribution is -2.25. The summed E-state index contributed by atoms with van der Waals surface area (Å²) in [6, 6.07) is 11.7. The second kappa shape index (κ2) is 9.36. The largest absolute Gasteiger partial charge is 0.496 e. The van der Waals surface area contributed by atoms with E-state index < -0.39 is 10.0 Å². The molecule has 0 aliphatic heterocycles. The second-order valence-corrected chi connectivity index (χ2v) is 9.37. The highest BCUT2D eigenvalue weighted by Gasteiger charge is 2.17. The highest BCUT2D eigenvalue weighted by atomic mass is 79.9. The predicted octanol–water partition coefficient (Wildman–Crippen LogP) is 3.60. The maximum absolute atomic E-state index is 12.2. The highest BCUT2D eigenvalue weighted by molar-refractivity contribution is 9.10. The van der Waals surface area contributed by atoms with Crippen LogP contribution in [0.1, 0.15) is 24.1 Å². The molecule has 2 aromatic rings. The van der Waals surface area contributed by atoms with E-state index in [1.54, 1.807) is 25.3 Å². The van der Waals surface area contributed by atoms with Crippen molar-refractivity contribution in [3.8, 4) is 5.75 Å². The molecule has 0 bridgehead atoms. The van der Waals surface area contributed by atoms with Crippen molar-refractivity contribution in [1.29, 1.82) is 0 Å². The molecule has 0 aliphatic carbocycles. The van der Waals surface area contributed by atoms with E-state index in [9.17, 15) is 13.2 Å². The first-order valence-corrected chi connectivity index (χ1v) is 10.7. The van der Waals surface area contributed by atoms with Crippen LogP contribution in [0.15, 0.2) is 57.9 Å². The van der Waals surface area contributed by atoms with Crippen molar-refractivity contribution in [2.45, 2.75) is 17.9 Å². The molecule has 150 valence electrons. The summed E-state index contributed by atoms with van der Waals surface area (Å²) >= 11 is 3.40. The zero-order valence-corrected chi connectivity index (χ0v) is 18.5. The van der Waals surface area contributed by atoms with E-state index in [1.807, 2.05) is 25.1 Å². The Balaban J connectivity index is 2.07. The molecular weight excluding hydrogens is 444 g/mol. The first-order valence-electron chi connectivity index (χ1n) is 8.49. The minimum absolute atomic E-state index is 0.210. The van der Waals surface area contributed by atoms with Crippen molar-refractivity contribution in [3.63, 3.8) is 0 Å². The van der Waals surface area contributed by atoms with Gasteiger partial charge in [0.05, 0.1) is 18.0 Å². The molecule has 0 radical (unpaired) electrons. The summed E-state index contributed by atoms with van der Waals surface area (Å²) in [5.74, 6) is 0.400. The number of amides is 1. The predicted molar refractivity (Wildman–Crippen MR) is 114 cm³/mol. The lowest BCUT2D eigenvalue weighted by molar-refractivity contribution is -0.117. The van der Waals surface area contributed by atoms with Gasteiger partial charge in [-0.15, -0.1) is 0 Å². The zero-order chi connectivity index (χ0) is 20.9. The maximum Gasteiger partial charge on any atom is 0.244 e. The molecule has 6 nitrogen and oxygen atoms in total. The number of nitrogens with one attached hydrogen (secondary N) is 1. The number of carbonyl (C=O) groups is 1. The summed E-state index contributed by atoms with van der Waals surface area (Å²) in [5.41, 5.74) is 1.58. The van der Waals surface area contributed by atoms with Gasteiger partial charge in [-0.1, -0.05) is 28.1 Å². The number of hydrogen-bond donors (Lipinski definition) is 1. The molecule has 2 rings (SSSR count). The van der Waals surface area contributed by atoms with Gasteiger partial charge in [-0.3, -0.25) is 4.79 Å². The molecule has 0 saturated carbocycles. The van der Waals surface area contributed by atoms with Crippen molar-refractivity contribution in [1.82, 2.24) is 9.62 Å². The van der Waals surface area contributed by atoms with E-state index in [1.165, 1.54) is 32.3 Å². The maximum atomic E-state index is 12.2. The number of nitrogens with zero attached hydrogens (tertiary/aromatic N) is 1. The first kappa shape index (κ1) is 22.1. The zero-order valence-electron chi connectivity index (χ0n) is 16.1. The van der Waals surface area contributed by atoms with Gasteiger partial charge in [-0.2, -0.15) is 0 Å². The number of methoxy groups -OCH3 is 1. The van der Waals surface area contributed by atoms with Crippen molar-refractivity contribution in [2.24, 2.45) is 0 Å². The Morgan fingerprint density at radius 3 is 2.39 bits per heavy atom. The SMILES string of the molecule is COc1ccc(Br)cc1/C=C/C(=O)NC(C)c1ccc(S(=O)(=O)N(C)C)cc1. The van der Waals surface area contributed by atoms with E-state index >= 15 is 0 Å². The third kappa shape index (κ3) is 5.43. The summed E-state index contributed by atoms with van der Waals surface area (Å²) in [7, 11) is 1.07. The van der Waals surface area contributed by atoms with E-state index in [4.69, 9.17) is 4.74 Å². The van der Waals surface area contributed by atoms with Crippen LogP contribution >= 0.6 is 15.9 Å². The molecule has 2 aromatic carbocycles. The van der Waals surface area contributed by atoms with E-state index in [0.29, 0.717) is 5.75 Å². The molecule has 0 aliphatic rings. The fourth-order valence-electron chi connectivity index (χ4n) is 2.49. The third-order valence-corrected chi connectivity index (χ3v) is 6.45. The quantitative estimate of drug-likeness (QED) is 0.632. The first-order chi connectivity index (χ1) is 13.1. The van der Waals surface area contributed by atoms with E-state index in [2.05, 4.69) is 21.2 Å². The number of rotatable bonds is 7. The molecular formula is C20H23BrN2O4S. The van der Waals surface area contributed by atoms with Gasteiger partial charge in [0.25, 0.3) is 0 Å². The fourth-order valence-corrected chi connectivity index (χ4v) is 3.77. The number of carbonyl (C=O) groups excluding carboxylic acids is 1. The summed E-state index contributed by atoms with van der Waals surface area (Å²) in [6.07, 6.45) is 3.12. The second-order valence-electron chi connectivity index (χ2n) is 6.31. The Bertz CT molecular complexity index is 970. The van der Waals surface area contributed by atoms with Crippen molar-refractivity contribution < 1.29 is 17.9 Å². The molecule has 0 fully saturated rings.